The van der Waals surface area contributed by atoms with Gasteiger partial charge in [-0.2, -0.15) is 0 Å². The number of amides is 2. The molecule has 136 valence electrons. The van der Waals surface area contributed by atoms with Crippen LogP contribution in [0.2, 0.25) is 0 Å². The SMILES string of the molecule is CCN1C(=O)Cc2cc(NC(=O)CCS(=O)(=O)c3ccccc3)ccc21. The molecule has 0 bridgehead atoms. The van der Waals surface area contributed by atoms with E-state index in [-0.39, 0.29) is 28.9 Å². The first-order chi connectivity index (χ1) is 12.4. The fourth-order valence-corrected chi connectivity index (χ4v) is 4.27. The van der Waals surface area contributed by atoms with E-state index in [1.165, 1.54) is 12.1 Å². The Balaban J connectivity index is 1.63. The van der Waals surface area contributed by atoms with Gasteiger partial charge in [0, 0.05) is 24.3 Å². The van der Waals surface area contributed by atoms with E-state index in [4.69, 9.17) is 0 Å². The van der Waals surface area contributed by atoms with Gasteiger partial charge in [0.2, 0.25) is 11.8 Å². The summed E-state index contributed by atoms with van der Waals surface area (Å²) in [6.07, 6.45) is 0.184. The number of rotatable bonds is 6. The zero-order valence-corrected chi connectivity index (χ0v) is 15.3. The summed E-state index contributed by atoms with van der Waals surface area (Å²) in [6, 6.07) is 13.4. The second kappa shape index (κ2) is 7.29. The molecule has 3 rings (SSSR count). The van der Waals surface area contributed by atoms with Gasteiger partial charge >= 0.3 is 0 Å². The summed E-state index contributed by atoms with van der Waals surface area (Å²) < 4.78 is 24.4. The number of carbonyl (C=O) groups excluding carboxylic acids is 2. The van der Waals surface area contributed by atoms with Gasteiger partial charge in [0.05, 0.1) is 17.1 Å². The third kappa shape index (κ3) is 3.77. The van der Waals surface area contributed by atoms with Gasteiger partial charge in [-0.25, -0.2) is 8.42 Å². The van der Waals surface area contributed by atoms with Crippen LogP contribution in [-0.2, 0) is 25.8 Å². The number of fused-ring (bicyclic) bond motifs is 1. The molecule has 0 aromatic heterocycles. The van der Waals surface area contributed by atoms with E-state index in [0.29, 0.717) is 18.7 Å². The minimum absolute atomic E-state index is 0.0416. The quantitative estimate of drug-likeness (QED) is 0.844. The van der Waals surface area contributed by atoms with Crippen LogP contribution in [0.1, 0.15) is 18.9 Å². The van der Waals surface area contributed by atoms with E-state index < -0.39 is 9.84 Å². The first-order valence-electron chi connectivity index (χ1n) is 8.41. The Kier molecular flexibility index (Phi) is 5.08. The third-order valence-electron chi connectivity index (χ3n) is 4.31. The number of nitrogens with zero attached hydrogens (tertiary/aromatic N) is 1. The molecule has 2 amide bonds. The van der Waals surface area contributed by atoms with Crippen molar-refractivity contribution in [2.24, 2.45) is 0 Å². The summed E-state index contributed by atoms with van der Waals surface area (Å²) in [6.45, 7) is 2.52. The Morgan fingerprint density at radius 2 is 1.88 bits per heavy atom. The smallest absolute Gasteiger partial charge is 0.231 e. The molecule has 0 saturated heterocycles. The molecule has 0 unspecified atom stereocenters. The van der Waals surface area contributed by atoms with Crippen LogP contribution < -0.4 is 10.2 Å². The molecular weight excluding hydrogens is 352 g/mol. The fraction of sp³-hybridized carbons (Fsp3) is 0.263. The van der Waals surface area contributed by atoms with Crippen LogP contribution in [0.3, 0.4) is 0 Å². The minimum atomic E-state index is -3.49. The van der Waals surface area contributed by atoms with E-state index >= 15 is 0 Å². The maximum Gasteiger partial charge on any atom is 0.231 e. The summed E-state index contributed by atoms with van der Waals surface area (Å²) >= 11 is 0. The van der Waals surface area contributed by atoms with Gasteiger partial charge in [0.1, 0.15) is 0 Å². The number of hydrogen-bond acceptors (Lipinski definition) is 4. The van der Waals surface area contributed by atoms with Gasteiger partial charge in [0.25, 0.3) is 0 Å². The lowest BCUT2D eigenvalue weighted by atomic mass is 10.1. The highest BCUT2D eigenvalue weighted by atomic mass is 32.2. The van der Waals surface area contributed by atoms with Crippen LogP contribution in [0.25, 0.3) is 0 Å². The summed E-state index contributed by atoms with van der Waals surface area (Å²) in [5, 5.41) is 2.71. The normalized spacial score (nSPS) is 13.6. The highest BCUT2D eigenvalue weighted by Gasteiger charge is 2.26. The van der Waals surface area contributed by atoms with Crippen LogP contribution in [-0.4, -0.2) is 32.5 Å². The van der Waals surface area contributed by atoms with Crippen molar-refractivity contribution in [3.63, 3.8) is 0 Å². The lowest BCUT2D eigenvalue weighted by molar-refractivity contribution is -0.117. The van der Waals surface area contributed by atoms with Gasteiger partial charge < -0.3 is 10.2 Å². The first kappa shape index (κ1) is 18.1. The van der Waals surface area contributed by atoms with E-state index in [1.807, 2.05) is 6.92 Å². The predicted octanol–water partition coefficient (Wildman–Crippen LogP) is 2.40. The molecule has 2 aromatic rings. The van der Waals surface area contributed by atoms with E-state index in [0.717, 1.165) is 11.3 Å². The van der Waals surface area contributed by atoms with Crippen molar-refractivity contribution in [2.75, 3.05) is 22.5 Å². The zero-order valence-electron chi connectivity index (χ0n) is 14.4. The maximum atomic E-state index is 12.2. The second-order valence-corrected chi connectivity index (χ2v) is 8.20. The molecule has 1 aliphatic rings. The maximum absolute atomic E-state index is 12.2. The average molecular weight is 372 g/mol. The topological polar surface area (TPSA) is 83.6 Å². The summed E-state index contributed by atoms with van der Waals surface area (Å²) in [7, 11) is -3.49. The molecule has 0 radical (unpaired) electrons. The van der Waals surface area contributed by atoms with Crippen molar-refractivity contribution in [1.29, 1.82) is 0 Å². The van der Waals surface area contributed by atoms with Crippen LogP contribution in [0.5, 0.6) is 0 Å². The summed E-state index contributed by atoms with van der Waals surface area (Å²) in [4.78, 5) is 26.0. The molecule has 7 heteroatoms. The first-order valence-corrected chi connectivity index (χ1v) is 10.1. The van der Waals surface area contributed by atoms with Crippen molar-refractivity contribution in [2.45, 2.75) is 24.7 Å². The second-order valence-electron chi connectivity index (χ2n) is 6.09. The van der Waals surface area contributed by atoms with Gasteiger partial charge in [-0.1, -0.05) is 18.2 Å². The van der Waals surface area contributed by atoms with Crippen molar-refractivity contribution >= 4 is 33.0 Å². The third-order valence-corrected chi connectivity index (χ3v) is 6.05. The molecular formula is C19H20N2O4S. The molecule has 0 aliphatic carbocycles. The van der Waals surface area contributed by atoms with E-state index in [2.05, 4.69) is 5.32 Å². The molecule has 0 fully saturated rings. The van der Waals surface area contributed by atoms with E-state index in [1.54, 1.807) is 41.3 Å². The predicted molar refractivity (Wildman–Crippen MR) is 99.9 cm³/mol. The Morgan fingerprint density at radius 1 is 1.15 bits per heavy atom. The molecule has 0 saturated carbocycles. The van der Waals surface area contributed by atoms with Crippen molar-refractivity contribution in [3.05, 3.63) is 54.1 Å². The van der Waals surface area contributed by atoms with Gasteiger partial charge in [-0.15, -0.1) is 0 Å². The molecule has 26 heavy (non-hydrogen) atoms. The molecule has 0 spiro atoms. The zero-order chi connectivity index (χ0) is 18.7. The highest BCUT2D eigenvalue weighted by molar-refractivity contribution is 7.91. The number of anilines is 2. The summed E-state index contributed by atoms with van der Waals surface area (Å²) in [5.74, 6) is -0.586. The lowest BCUT2D eigenvalue weighted by Gasteiger charge is -2.15. The van der Waals surface area contributed by atoms with E-state index in [9.17, 15) is 18.0 Å². The minimum Gasteiger partial charge on any atom is -0.326 e. The molecule has 1 heterocycles. The molecule has 0 atom stereocenters. The highest BCUT2D eigenvalue weighted by Crippen LogP contribution is 2.31. The number of carbonyl (C=O) groups is 2. The van der Waals surface area contributed by atoms with Crippen LogP contribution in [0, 0.1) is 0 Å². The van der Waals surface area contributed by atoms with Crippen LogP contribution >= 0.6 is 0 Å². The van der Waals surface area contributed by atoms with Crippen molar-refractivity contribution < 1.29 is 18.0 Å². The lowest BCUT2D eigenvalue weighted by Crippen LogP contribution is -2.25. The molecule has 2 aromatic carbocycles. The van der Waals surface area contributed by atoms with Gasteiger partial charge in [-0.3, -0.25) is 9.59 Å². The van der Waals surface area contributed by atoms with Crippen LogP contribution in [0.15, 0.2) is 53.4 Å². The fourth-order valence-electron chi connectivity index (χ4n) is 3.00. The van der Waals surface area contributed by atoms with Gasteiger partial charge in [0.15, 0.2) is 9.84 Å². The molecule has 1 N–H and O–H groups in total. The Labute approximate surface area is 152 Å². The van der Waals surface area contributed by atoms with Crippen molar-refractivity contribution in [1.82, 2.24) is 0 Å². The Bertz CT molecular complexity index is 939. The number of likely N-dealkylation sites (N-methyl/N-ethyl adjacent to an activating group) is 1. The number of nitrogens with one attached hydrogen (secondary N) is 1. The number of benzene rings is 2. The Hall–Kier alpha value is -2.67. The largest absolute Gasteiger partial charge is 0.326 e. The molecule has 6 nitrogen and oxygen atoms in total. The summed E-state index contributed by atoms with van der Waals surface area (Å²) in [5.41, 5.74) is 2.30. The number of hydrogen-bond donors (Lipinski definition) is 1. The average Bonchev–Trinajstić information content (AvgIpc) is 2.95. The Morgan fingerprint density at radius 3 is 2.58 bits per heavy atom. The van der Waals surface area contributed by atoms with Crippen LogP contribution in [0.4, 0.5) is 11.4 Å². The van der Waals surface area contributed by atoms with Crippen molar-refractivity contribution in [3.8, 4) is 0 Å². The standard InChI is InChI=1S/C19H20N2O4S/c1-2-21-17-9-8-15(12-14(17)13-19(21)23)20-18(22)10-11-26(24,25)16-6-4-3-5-7-16/h3-9,12H,2,10-11,13H2,1H3,(H,20,22). The number of sulfone groups is 1. The van der Waals surface area contributed by atoms with Gasteiger partial charge in [-0.05, 0) is 42.8 Å². The monoisotopic (exact) mass is 372 g/mol. The molecule has 1 aliphatic heterocycles.